The Balaban J connectivity index is 2.36. The standard InChI is InChI=1S/C13H15FN4O2/c1-4-20-13(19)12-11(16-18-17-12)8(3)9-6-15-10(14)5-7(9)2/h5-6,8H,4H2,1-3H3,(H,16,17,18). The van der Waals surface area contributed by atoms with Gasteiger partial charge in [0.15, 0.2) is 5.69 Å². The summed E-state index contributed by atoms with van der Waals surface area (Å²) in [6, 6.07) is 1.34. The molecular weight excluding hydrogens is 263 g/mol. The molecule has 6 nitrogen and oxygen atoms in total. The van der Waals surface area contributed by atoms with Gasteiger partial charge in [0.1, 0.15) is 5.69 Å². The van der Waals surface area contributed by atoms with Crippen molar-refractivity contribution in [3.05, 3.63) is 40.7 Å². The number of nitrogens with one attached hydrogen (secondary N) is 1. The second kappa shape index (κ2) is 5.77. The topological polar surface area (TPSA) is 80.8 Å². The van der Waals surface area contributed by atoms with Crippen molar-refractivity contribution in [2.45, 2.75) is 26.7 Å². The van der Waals surface area contributed by atoms with Gasteiger partial charge in [-0.1, -0.05) is 6.92 Å². The Bertz CT molecular complexity index is 627. The van der Waals surface area contributed by atoms with Gasteiger partial charge in [-0.2, -0.15) is 14.7 Å². The fraction of sp³-hybridized carbons (Fsp3) is 0.385. The van der Waals surface area contributed by atoms with Gasteiger partial charge >= 0.3 is 5.97 Å². The van der Waals surface area contributed by atoms with Crippen LogP contribution in [0.25, 0.3) is 0 Å². The molecule has 2 heterocycles. The molecule has 1 N–H and O–H groups in total. The van der Waals surface area contributed by atoms with Crippen LogP contribution in [0, 0.1) is 12.9 Å². The van der Waals surface area contributed by atoms with E-state index in [2.05, 4.69) is 20.4 Å². The van der Waals surface area contributed by atoms with E-state index in [1.807, 2.05) is 6.92 Å². The summed E-state index contributed by atoms with van der Waals surface area (Å²) in [6.45, 7) is 5.61. The number of rotatable bonds is 4. The number of esters is 1. The van der Waals surface area contributed by atoms with Crippen LogP contribution < -0.4 is 0 Å². The maximum atomic E-state index is 13.0. The molecule has 0 aliphatic heterocycles. The lowest BCUT2D eigenvalue weighted by molar-refractivity contribution is 0.0518. The lowest BCUT2D eigenvalue weighted by Gasteiger charge is -2.12. The highest BCUT2D eigenvalue weighted by atomic mass is 19.1. The molecule has 0 saturated carbocycles. The number of carbonyl (C=O) groups is 1. The third-order valence-electron chi connectivity index (χ3n) is 3.04. The van der Waals surface area contributed by atoms with E-state index in [9.17, 15) is 9.18 Å². The van der Waals surface area contributed by atoms with Gasteiger partial charge < -0.3 is 4.74 Å². The molecule has 2 rings (SSSR count). The lowest BCUT2D eigenvalue weighted by Crippen LogP contribution is -2.11. The van der Waals surface area contributed by atoms with E-state index in [0.717, 1.165) is 11.1 Å². The Kier molecular flexibility index (Phi) is 4.07. The second-order valence-electron chi connectivity index (χ2n) is 4.36. The Morgan fingerprint density at radius 3 is 2.90 bits per heavy atom. The number of H-pyrrole nitrogens is 1. The number of aryl methyl sites for hydroxylation is 1. The highest BCUT2D eigenvalue weighted by Crippen LogP contribution is 2.26. The van der Waals surface area contributed by atoms with Crippen LogP contribution in [0.1, 0.15) is 47.1 Å². The van der Waals surface area contributed by atoms with Crippen LogP contribution in [0.3, 0.4) is 0 Å². The molecule has 0 bridgehead atoms. The van der Waals surface area contributed by atoms with Gasteiger partial charge in [-0.05, 0) is 31.0 Å². The minimum Gasteiger partial charge on any atom is -0.461 e. The molecule has 1 atom stereocenters. The van der Waals surface area contributed by atoms with E-state index in [-0.39, 0.29) is 18.2 Å². The van der Waals surface area contributed by atoms with E-state index in [1.165, 1.54) is 12.3 Å². The Hall–Kier alpha value is -2.31. The largest absolute Gasteiger partial charge is 0.461 e. The minimum atomic E-state index is -0.538. The van der Waals surface area contributed by atoms with Gasteiger partial charge in [-0.3, -0.25) is 0 Å². The van der Waals surface area contributed by atoms with E-state index in [1.54, 1.807) is 13.8 Å². The number of ether oxygens (including phenoxy) is 1. The van der Waals surface area contributed by atoms with Crippen molar-refractivity contribution in [3.8, 4) is 0 Å². The average Bonchev–Trinajstić information content (AvgIpc) is 2.87. The van der Waals surface area contributed by atoms with Crippen LogP contribution in [0.4, 0.5) is 4.39 Å². The lowest BCUT2D eigenvalue weighted by atomic mass is 9.94. The van der Waals surface area contributed by atoms with Crippen molar-refractivity contribution in [1.82, 2.24) is 20.4 Å². The van der Waals surface area contributed by atoms with Gasteiger partial charge in [0.25, 0.3) is 0 Å². The minimum absolute atomic E-state index is 0.142. The zero-order chi connectivity index (χ0) is 14.7. The van der Waals surface area contributed by atoms with E-state index in [4.69, 9.17) is 4.74 Å². The molecule has 2 aromatic heterocycles. The first-order chi connectivity index (χ1) is 9.54. The quantitative estimate of drug-likeness (QED) is 0.683. The summed E-state index contributed by atoms with van der Waals surface area (Å²) in [5.74, 6) is -1.32. The zero-order valence-corrected chi connectivity index (χ0v) is 11.5. The van der Waals surface area contributed by atoms with Gasteiger partial charge in [0.05, 0.1) is 6.61 Å². The number of aromatic nitrogens is 4. The molecule has 0 aliphatic carbocycles. The average molecular weight is 278 g/mol. The second-order valence-corrected chi connectivity index (χ2v) is 4.36. The molecule has 1 unspecified atom stereocenters. The number of hydrogen-bond donors (Lipinski definition) is 1. The van der Waals surface area contributed by atoms with Crippen molar-refractivity contribution in [1.29, 1.82) is 0 Å². The Labute approximate surface area is 115 Å². The predicted octanol–water partition coefficient (Wildman–Crippen LogP) is 1.98. The Morgan fingerprint density at radius 2 is 2.25 bits per heavy atom. The summed E-state index contributed by atoms with van der Waals surface area (Å²) in [4.78, 5) is 15.4. The summed E-state index contributed by atoms with van der Waals surface area (Å²) in [5, 5.41) is 10.2. The van der Waals surface area contributed by atoms with Crippen molar-refractivity contribution < 1.29 is 13.9 Å². The molecule has 0 amide bonds. The highest BCUT2D eigenvalue weighted by molar-refractivity contribution is 5.88. The normalized spacial score (nSPS) is 12.2. The third kappa shape index (κ3) is 2.66. The molecule has 2 aromatic rings. The Morgan fingerprint density at radius 1 is 1.50 bits per heavy atom. The van der Waals surface area contributed by atoms with Crippen molar-refractivity contribution >= 4 is 5.97 Å². The third-order valence-corrected chi connectivity index (χ3v) is 3.04. The maximum absolute atomic E-state index is 13.0. The molecule has 0 fully saturated rings. The van der Waals surface area contributed by atoms with Crippen LogP contribution in [-0.2, 0) is 4.74 Å². The van der Waals surface area contributed by atoms with Crippen LogP contribution >= 0.6 is 0 Å². The molecule has 20 heavy (non-hydrogen) atoms. The molecule has 106 valence electrons. The van der Waals surface area contributed by atoms with Crippen LogP contribution in [-0.4, -0.2) is 33.0 Å². The van der Waals surface area contributed by atoms with E-state index >= 15 is 0 Å². The highest BCUT2D eigenvalue weighted by Gasteiger charge is 2.24. The van der Waals surface area contributed by atoms with Gasteiger partial charge in [-0.25, -0.2) is 9.78 Å². The first kappa shape index (κ1) is 14.1. The monoisotopic (exact) mass is 278 g/mol. The van der Waals surface area contributed by atoms with Gasteiger partial charge in [-0.15, -0.1) is 5.10 Å². The fourth-order valence-corrected chi connectivity index (χ4v) is 2.02. The molecular formula is C13H15FN4O2. The molecule has 0 spiro atoms. The summed E-state index contributed by atoms with van der Waals surface area (Å²) < 4.78 is 18.0. The summed E-state index contributed by atoms with van der Waals surface area (Å²) in [6.07, 6.45) is 1.44. The zero-order valence-electron chi connectivity index (χ0n) is 11.5. The first-order valence-electron chi connectivity index (χ1n) is 6.24. The molecule has 0 saturated heterocycles. The number of nitrogens with zero attached hydrogens (tertiary/aromatic N) is 3. The van der Waals surface area contributed by atoms with Gasteiger partial charge in [0, 0.05) is 12.1 Å². The van der Waals surface area contributed by atoms with E-state index in [0.29, 0.717) is 5.69 Å². The number of pyridine rings is 1. The van der Waals surface area contributed by atoms with Crippen molar-refractivity contribution in [2.75, 3.05) is 6.61 Å². The van der Waals surface area contributed by atoms with Crippen LogP contribution in [0.2, 0.25) is 0 Å². The maximum Gasteiger partial charge on any atom is 0.360 e. The van der Waals surface area contributed by atoms with Crippen molar-refractivity contribution in [2.24, 2.45) is 0 Å². The number of aromatic amines is 1. The molecule has 0 radical (unpaired) electrons. The first-order valence-corrected chi connectivity index (χ1v) is 6.24. The fourth-order valence-electron chi connectivity index (χ4n) is 2.02. The summed E-state index contributed by atoms with van der Waals surface area (Å²) >= 11 is 0. The SMILES string of the molecule is CCOC(=O)c1n[nH]nc1C(C)c1cnc(F)cc1C. The predicted molar refractivity (Wildman–Crippen MR) is 68.8 cm³/mol. The summed E-state index contributed by atoms with van der Waals surface area (Å²) in [7, 11) is 0. The number of hydrogen-bond acceptors (Lipinski definition) is 5. The number of halogens is 1. The molecule has 0 aromatic carbocycles. The smallest absolute Gasteiger partial charge is 0.360 e. The van der Waals surface area contributed by atoms with Gasteiger partial charge in [0.2, 0.25) is 5.95 Å². The van der Waals surface area contributed by atoms with Crippen molar-refractivity contribution in [3.63, 3.8) is 0 Å². The van der Waals surface area contributed by atoms with Crippen LogP contribution in [0.15, 0.2) is 12.3 Å². The van der Waals surface area contributed by atoms with Crippen LogP contribution in [0.5, 0.6) is 0 Å². The summed E-state index contributed by atoms with van der Waals surface area (Å²) in [5.41, 5.74) is 2.12. The number of carbonyl (C=O) groups excluding carboxylic acids is 1. The van der Waals surface area contributed by atoms with E-state index < -0.39 is 11.9 Å². The molecule has 0 aliphatic rings. The molecule has 7 heteroatoms.